The van der Waals surface area contributed by atoms with Gasteiger partial charge in [-0.05, 0) is 25.3 Å². The molecule has 0 fully saturated rings. The second kappa shape index (κ2) is 8.03. The van der Waals surface area contributed by atoms with Crippen LogP contribution in [0, 0.1) is 6.92 Å². The van der Waals surface area contributed by atoms with Crippen LogP contribution >= 0.6 is 0 Å². The lowest BCUT2D eigenvalue weighted by Gasteiger charge is -2.15. The Morgan fingerprint density at radius 1 is 1.15 bits per heavy atom. The molecule has 0 bridgehead atoms. The van der Waals surface area contributed by atoms with Crippen LogP contribution in [0.4, 0.5) is 0 Å². The van der Waals surface area contributed by atoms with Crippen molar-refractivity contribution in [3.63, 3.8) is 0 Å². The Hall–Kier alpha value is -3.15. The molecule has 140 valence electrons. The van der Waals surface area contributed by atoms with Crippen molar-refractivity contribution < 1.29 is 9.59 Å². The number of carbonyl (C=O) groups is 2. The second-order valence-electron chi connectivity index (χ2n) is 6.62. The molecule has 3 aromatic rings. The van der Waals surface area contributed by atoms with Crippen LogP contribution < -0.4 is 10.6 Å². The fourth-order valence-electron chi connectivity index (χ4n) is 3.23. The highest BCUT2D eigenvalue weighted by Gasteiger charge is 2.17. The first-order valence-electron chi connectivity index (χ1n) is 9.04. The summed E-state index contributed by atoms with van der Waals surface area (Å²) >= 11 is 0. The van der Waals surface area contributed by atoms with E-state index < -0.39 is 0 Å². The maximum Gasteiger partial charge on any atom is 0.222 e. The molecule has 0 aliphatic rings. The van der Waals surface area contributed by atoms with Gasteiger partial charge in [0.05, 0.1) is 17.9 Å². The standard InChI is InChI=1S/C21H24N4O2/c1-14(24-21(27)11-12-22-16(3)26)19-13-23-25(15(19)2)20-10-6-8-17-7-4-5-9-18(17)20/h4-10,13-14H,11-12H2,1-3H3,(H,22,26)(H,24,27)/t14-/m0/s1. The van der Waals surface area contributed by atoms with Gasteiger partial charge in [-0.25, -0.2) is 4.68 Å². The van der Waals surface area contributed by atoms with Gasteiger partial charge in [0.25, 0.3) is 0 Å². The monoisotopic (exact) mass is 364 g/mol. The van der Waals surface area contributed by atoms with Crippen LogP contribution in [0.3, 0.4) is 0 Å². The fourth-order valence-corrected chi connectivity index (χ4v) is 3.23. The molecule has 2 amide bonds. The maximum atomic E-state index is 12.1. The third-order valence-electron chi connectivity index (χ3n) is 4.61. The van der Waals surface area contributed by atoms with E-state index in [0.29, 0.717) is 6.54 Å². The Bertz CT molecular complexity index is 972. The average molecular weight is 364 g/mol. The van der Waals surface area contributed by atoms with Gasteiger partial charge in [-0.15, -0.1) is 0 Å². The van der Waals surface area contributed by atoms with Crippen molar-refractivity contribution in [2.45, 2.75) is 33.2 Å². The van der Waals surface area contributed by atoms with E-state index in [1.54, 1.807) is 6.20 Å². The zero-order chi connectivity index (χ0) is 19.4. The molecule has 0 saturated heterocycles. The van der Waals surface area contributed by atoms with E-state index in [2.05, 4.69) is 33.9 Å². The number of hydrogen-bond acceptors (Lipinski definition) is 3. The Balaban J connectivity index is 1.78. The van der Waals surface area contributed by atoms with Crippen LogP contribution in [-0.2, 0) is 9.59 Å². The molecule has 2 N–H and O–H groups in total. The number of rotatable bonds is 6. The van der Waals surface area contributed by atoms with Crippen molar-refractivity contribution in [3.05, 3.63) is 59.9 Å². The van der Waals surface area contributed by atoms with Gasteiger partial charge in [0.15, 0.2) is 0 Å². The molecular weight excluding hydrogens is 340 g/mol. The van der Waals surface area contributed by atoms with E-state index in [4.69, 9.17) is 0 Å². The first-order valence-corrected chi connectivity index (χ1v) is 9.04. The summed E-state index contributed by atoms with van der Waals surface area (Å²) in [5, 5.41) is 12.4. The van der Waals surface area contributed by atoms with Gasteiger partial charge < -0.3 is 10.6 Å². The average Bonchev–Trinajstić information content (AvgIpc) is 3.02. The molecule has 6 heteroatoms. The van der Waals surface area contributed by atoms with Crippen LogP contribution in [-0.4, -0.2) is 28.1 Å². The topological polar surface area (TPSA) is 76.0 Å². The SMILES string of the molecule is CC(=O)NCCC(=O)N[C@@H](C)c1cnn(-c2cccc3ccccc23)c1C. The summed E-state index contributed by atoms with van der Waals surface area (Å²) in [5.41, 5.74) is 2.97. The van der Waals surface area contributed by atoms with Crippen LogP contribution in [0.1, 0.15) is 37.6 Å². The highest BCUT2D eigenvalue weighted by molar-refractivity contribution is 5.90. The molecule has 0 radical (unpaired) electrons. The summed E-state index contributed by atoms with van der Waals surface area (Å²) < 4.78 is 1.91. The van der Waals surface area contributed by atoms with Gasteiger partial charge >= 0.3 is 0 Å². The van der Waals surface area contributed by atoms with Crippen LogP contribution in [0.25, 0.3) is 16.5 Å². The molecule has 6 nitrogen and oxygen atoms in total. The van der Waals surface area contributed by atoms with Crippen LogP contribution in [0.2, 0.25) is 0 Å². The number of carbonyl (C=O) groups excluding carboxylic acids is 2. The lowest BCUT2D eigenvalue weighted by atomic mass is 10.1. The Morgan fingerprint density at radius 2 is 1.89 bits per heavy atom. The smallest absolute Gasteiger partial charge is 0.222 e. The third kappa shape index (κ3) is 4.16. The second-order valence-corrected chi connectivity index (χ2v) is 6.62. The minimum atomic E-state index is -0.168. The molecule has 3 rings (SSSR count). The van der Waals surface area contributed by atoms with Crippen molar-refractivity contribution in [2.75, 3.05) is 6.54 Å². The van der Waals surface area contributed by atoms with Gasteiger partial charge in [-0.2, -0.15) is 5.10 Å². The summed E-state index contributed by atoms with van der Waals surface area (Å²) in [4.78, 5) is 23.0. The molecule has 2 aromatic carbocycles. The normalized spacial score (nSPS) is 12.0. The van der Waals surface area contributed by atoms with Crippen LogP contribution in [0.15, 0.2) is 48.7 Å². The minimum Gasteiger partial charge on any atom is -0.356 e. The predicted molar refractivity (Wildman–Crippen MR) is 106 cm³/mol. The summed E-state index contributed by atoms with van der Waals surface area (Å²) in [5.74, 6) is -0.239. The molecule has 1 atom stereocenters. The van der Waals surface area contributed by atoms with E-state index in [0.717, 1.165) is 27.7 Å². The highest BCUT2D eigenvalue weighted by Crippen LogP contribution is 2.25. The van der Waals surface area contributed by atoms with E-state index >= 15 is 0 Å². The number of hydrogen-bond donors (Lipinski definition) is 2. The molecular formula is C21H24N4O2. The zero-order valence-electron chi connectivity index (χ0n) is 15.8. The van der Waals surface area contributed by atoms with Crippen molar-refractivity contribution >= 4 is 22.6 Å². The van der Waals surface area contributed by atoms with Crippen molar-refractivity contribution in [2.24, 2.45) is 0 Å². The molecule has 0 aliphatic carbocycles. The van der Waals surface area contributed by atoms with Gasteiger partial charge in [-0.3, -0.25) is 9.59 Å². The Kier molecular flexibility index (Phi) is 5.54. The lowest BCUT2D eigenvalue weighted by molar-refractivity contribution is -0.122. The molecule has 1 heterocycles. The first-order chi connectivity index (χ1) is 13.0. The Morgan fingerprint density at radius 3 is 2.67 bits per heavy atom. The van der Waals surface area contributed by atoms with Gasteiger partial charge in [0.1, 0.15) is 0 Å². The molecule has 0 saturated carbocycles. The first kappa shape index (κ1) is 18.6. The molecule has 0 aliphatic heterocycles. The van der Waals surface area contributed by atoms with E-state index in [1.165, 1.54) is 6.92 Å². The molecule has 0 spiro atoms. The number of benzene rings is 2. The van der Waals surface area contributed by atoms with E-state index in [9.17, 15) is 9.59 Å². The fraction of sp³-hybridized carbons (Fsp3) is 0.286. The molecule has 0 unspecified atom stereocenters. The summed E-state index contributed by atoms with van der Waals surface area (Å²) in [6, 6.07) is 14.2. The number of nitrogens with zero attached hydrogens (tertiary/aromatic N) is 2. The molecule has 27 heavy (non-hydrogen) atoms. The van der Waals surface area contributed by atoms with Gasteiger partial charge in [0, 0.05) is 36.5 Å². The lowest BCUT2D eigenvalue weighted by Crippen LogP contribution is -2.31. The summed E-state index contributed by atoms with van der Waals surface area (Å²) in [7, 11) is 0. The summed E-state index contributed by atoms with van der Waals surface area (Å²) in [6.07, 6.45) is 2.05. The number of amides is 2. The predicted octanol–water partition coefficient (Wildman–Crippen LogP) is 3.04. The largest absolute Gasteiger partial charge is 0.356 e. The van der Waals surface area contributed by atoms with E-state index in [-0.39, 0.29) is 24.3 Å². The highest BCUT2D eigenvalue weighted by atomic mass is 16.2. The summed E-state index contributed by atoms with van der Waals surface area (Å²) in [6.45, 7) is 5.71. The van der Waals surface area contributed by atoms with Crippen molar-refractivity contribution in [1.29, 1.82) is 0 Å². The molecule has 1 aromatic heterocycles. The van der Waals surface area contributed by atoms with E-state index in [1.807, 2.05) is 42.8 Å². The van der Waals surface area contributed by atoms with Crippen molar-refractivity contribution in [1.82, 2.24) is 20.4 Å². The minimum absolute atomic E-state index is 0.103. The Labute approximate surface area is 158 Å². The van der Waals surface area contributed by atoms with Gasteiger partial charge in [0.2, 0.25) is 11.8 Å². The zero-order valence-corrected chi connectivity index (χ0v) is 15.8. The number of fused-ring (bicyclic) bond motifs is 1. The quantitative estimate of drug-likeness (QED) is 0.706. The number of aromatic nitrogens is 2. The van der Waals surface area contributed by atoms with Crippen LogP contribution in [0.5, 0.6) is 0 Å². The van der Waals surface area contributed by atoms with Gasteiger partial charge in [-0.1, -0.05) is 36.4 Å². The number of nitrogens with one attached hydrogen (secondary N) is 2. The van der Waals surface area contributed by atoms with Crippen molar-refractivity contribution in [3.8, 4) is 5.69 Å². The third-order valence-corrected chi connectivity index (χ3v) is 4.61. The maximum absolute atomic E-state index is 12.1.